The molecule has 1 amide bonds. The van der Waals surface area contributed by atoms with E-state index in [1.54, 1.807) is 0 Å². The maximum absolute atomic E-state index is 12.5. The van der Waals surface area contributed by atoms with Gasteiger partial charge in [0.2, 0.25) is 0 Å². The third-order valence-corrected chi connectivity index (χ3v) is 4.16. The summed E-state index contributed by atoms with van der Waals surface area (Å²) in [4.78, 5) is 25.9. The molecule has 0 radical (unpaired) electrons. The standard InChI is InChI=1S/C16H19BrN2O4/c1-9-6-11(17)7-10(2)13(9)18-14-12(16(22)23-3)8-19(4-5-20)15(14)21/h6-7,18,20H,4-5,8H2,1-3H3. The lowest BCUT2D eigenvalue weighted by molar-refractivity contribution is -0.136. The fourth-order valence-electron chi connectivity index (χ4n) is 2.58. The number of ether oxygens (including phenoxy) is 1. The molecular weight excluding hydrogens is 364 g/mol. The summed E-state index contributed by atoms with van der Waals surface area (Å²) in [6, 6.07) is 3.86. The van der Waals surface area contributed by atoms with Crippen LogP contribution in [-0.4, -0.2) is 48.7 Å². The number of carbonyl (C=O) groups excluding carboxylic acids is 2. The summed E-state index contributed by atoms with van der Waals surface area (Å²) in [5.41, 5.74) is 3.15. The van der Waals surface area contributed by atoms with Crippen molar-refractivity contribution in [3.8, 4) is 0 Å². The van der Waals surface area contributed by atoms with Gasteiger partial charge in [-0.2, -0.15) is 0 Å². The normalized spacial score (nSPS) is 14.5. The number of halogens is 1. The van der Waals surface area contributed by atoms with Gasteiger partial charge in [0.1, 0.15) is 5.70 Å². The molecule has 0 unspecified atom stereocenters. The third-order valence-electron chi connectivity index (χ3n) is 3.70. The summed E-state index contributed by atoms with van der Waals surface area (Å²) >= 11 is 3.43. The van der Waals surface area contributed by atoms with Crippen LogP contribution >= 0.6 is 15.9 Å². The Morgan fingerprint density at radius 1 is 1.39 bits per heavy atom. The molecule has 1 aromatic rings. The molecule has 0 fully saturated rings. The first-order valence-corrected chi connectivity index (χ1v) is 7.93. The van der Waals surface area contributed by atoms with Crippen LogP contribution in [0.3, 0.4) is 0 Å². The van der Waals surface area contributed by atoms with E-state index < -0.39 is 5.97 Å². The summed E-state index contributed by atoms with van der Waals surface area (Å²) in [5, 5.41) is 12.2. The average molecular weight is 383 g/mol. The molecule has 0 spiro atoms. The lowest BCUT2D eigenvalue weighted by Crippen LogP contribution is -2.31. The summed E-state index contributed by atoms with van der Waals surface area (Å²) in [6.45, 7) is 3.97. The van der Waals surface area contributed by atoms with Crippen molar-refractivity contribution < 1.29 is 19.4 Å². The smallest absolute Gasteiger partial charge is 0.337 e. The highest BCUT2D eigenvalue weighted by molar-refractivity contribution is 9.10. The number of anilines is 1. The molecule has 0 aromatic heterocycles. The SMILES string of the molecule is COC(=O)C1=C(Nc2c(C)cc(Br)cc2C)C(=O)N(CCO)C1. The minimum absolute atomic E-state index is 0.128. The van der Waals surface area contributed by atoms with Crippen LogP contribution in [0.15, 0.2) is 27.9 Å². The first-order valence-electron chi connectivity index (χ1n) is 7.14. The second-order valence-electron chi connectivity index (χ2n) is 5.34. The molecule has 1 aliphatic heterocycles. The molecule has 1 aliphatic rings. The molecule has 2 rings (SSSR count). The Balaban J connectivity index is 2.41. The first kappa shape index (κ1) is 17.5. The quantitative estimate of drug-likeness (QED) is 0.758. The number of methoxy groups -OCH3 is 1. The minimum atomic E-state index is -0.547. The number of rotatable bonds is 5. The van der Waals surface area contributed by atoms with E-state index in [9.17, 15) is 9.59 Å². The number of β-amino-alcohol motifs (C(OH)–C–C–N with tert-alkyl or cyclic N) is 1. The molecule has 0 aliphatic carbocycles. The molecular formula is C16H19BrN2O4. The van der Waals surface area contributed by atoms with Gasteiger partial charge >= 0.3 is 5.97 Å². The molecule has 1 heterocycles. The maximum atomic E-state index is 12.5. The molecule has 7 heteroatoms. The van der Waals surface area contributed by atoms with Crippen LogP contribution < -0.4 is 5.32 Å². The monoisotopic (exact) mass is 382 g/mol. The van der Waals surface area contributed by atoms with Crippen molar-refractivity contribution >= 4 is 33.5 Å². The van der Waals surface area contributed by atoms with Crippen LogP contribution in [-0.2, 0) is 14.3 Å². The molecule has 0 saturated heterocycles. The van der Waals surface area contributed by atoms with Gasteiger partial charge in [0.05, 0.1) is 25.8 Å². The number of aryl methyl sites for hydroxylation is 2. The average Bonchev–Trinajstić information content (AvgIpc) is 2.79. The van der Waals surface area contributed by atoms with E-state index in [1.807, 2.05) is 26.0 Å². The maximum Gasteiger partial charge on any atom is 0.337 e. The Bertz CT molecular complexity index is 662. The highest BCUT2D eigenvalue weighted by Crippen LogP contribution is 2.29. The van der Waals surface area contributed by atoms with Crippen LogP contribution in [0.1, 0.15) is 11.1 Å². The molecule has 0 saturated carbocycles. The fourth-order valence-corrected chi connectivity index (χ4v) is 3.27. The van der Waals surface area contributed by atoms with Crippen LogP contribution in [0, 0.1) is 13.8 Å². The van der Waals surface area contributed by atoms with E-state index >= 15 is 0 Å². The van der Waals surface area contributed by atoms with Gasteiger partial charge in [0.15, 0.2) is 0 Å². The van der Waals surface area contributed by atoms with Crippen molar-refractivity contribution in [2.45, 2.75) is 13.8 Å². The van der Waals surface area contributed by atoms with E-state index in [0.29, 0.717) is 0 Å². The highest BCUT2D eigenvalue weighted by Gasteiger charge is 2.34. The lowest BCUT2D eigenvalue weighted by Gasteiger charge is -2.17. The molecule has 124 valence electrons. The number of nitrogens with zero attached hydrogens (tertiary/aromatic N) is 1. The third kappa shape index (κ3) is 3.56. The van der Waals surface area contributed by atoms with Crippen molar-refractivity contribution in [3.05, 3.63) is 39.0 Å². The van der Waals surface area contributed by atoms with Gasteiger partial charge in [-0.3, -0.25) is 4.79 Å². The zero-order chi connectivity index (χ0) is 17.1. The Morgan fingerprint density at radius 2 is 2.00 bits per heavy atom. The molecule has 0 bridgehead atoms. The number of benzene rings is 1. The van der Waals surface area contributed by atoms with Crippen molar-refractivity contribution in [2.24, 2.45) is 0 Å². The zero-order valence-electron chi connectivity index (χ0n) is 13.3. The Hall–Kier alpha value is -1.86. The highest BCUT2D eigenvalue weighted by atomic mass is 79.9. The zero-order valence-corrected chi connectivity index (χ0v) is 14.9. The number of nitrogens with one attached hydrogen (secondary N) is 1. The van der Waals surface area contributed by atoms with Gasteiger partial charge in [-0.05, 0) is 37.1 Å². The van der Waals surface area contributed by atoms with Crippen LogP contribution in [0.2, 0.25) is 0 Å². The summed E-state index contributed by atoms with van der Waals surface area (Å²) in [7, 11) is 1.28. The number of aliphatic hydroxyl groups is 1. The van der Waals surface area contributed by atoms with Gasteiger partial charge in [0, 0.05) is 16.7 Å². The van der Waals surface area contributed by atoms with Gasteiger partial charge in [-0.1, -0.05) is 15.9 Å². The number of aliphatic hydroxyl groups excluding tert-OH is 1. The second kappa shape index (κ2) is 7.14. The van der Waals surface area contributed by atoms with Crippen molar-refractivity contribution in [1.29, 1.82) is 0 Å². The minimum Gasteiger partial charge on any atom is -0.466 e. The van der Waals surface area contributed by atoms with E-state index in [4.69, 9.17) is 9.84 Å². The Kier molecular flexibility index (Phi) is 5.43. The fraction of sp³-hybridized carbons (Fsp3) is 0.375. The van der Waals surface area contributed by atoms with Crippen LogP contribution in [0.4, 0.5) is 5.69 Å². The van der Waals surface area contributed by atoms with Gasteiger partial charge in [-0.15, -0.1) is 0 Å². The number of hydrogen-bond acceptors (Lipinski definition) is 5. The van der Waals surface area contributed by atoms with Gasteiger partial charge in [0.25, 0.3) is 5.91 Å². The van der Waals surface area contributed by atoms with Crippen LogP contribution in [0.25, 0.3) is 0 Å². The van der Waals surface area contributed by atoms with E-state index in [0.717, 1.165) is 21.3 Å². The predicted molar refractivity (Wildman–Crippen MR) is 89.9 cm³/mol. The summed E-state index contributed by atoms with van der Waals surface area (Å²) in [5.74, 6) is -0.866. The van der Waals surface area contributed by atoms with Gasteiger partial charge in [-0.25, -0.2) is 4.79 Å². The Morgan fingerprint density at radius 3 is 2.52 bits per heavy atom. The Labute approximate surface area is 143 Å². The molecule has 2 N–H and O–H groups in total. The van der Waals surface area contributed by atoms with E-state index in [1.165, 1.54) is 12.0 Å². The summed E-state index contributed by atoms with van der Waals surface area (Å²) < 4.78 is 5.72. The number of carbonyl (C=O) groups is 2. The topological polar surface area (TPSA) is 78.9 Å². The molecule has 6 nitrogen and oxygen atoms in total. The second-order valence-corrected chi connectivity index (χ2v) is 6.25. The predicted octanol–water partition coefficient (Wildman–Crippen LogP) is 1.74. The largest absolute Gasteiger partial charge is 0.466 e. The van der Waals surface area contributed by atoms with E-state index in [2.05, 4.69) is 21.2 Å². The number of hydrogen-bond donors (Lipinski definition) is 2. The van der Waals surface area contributed by atoms with Crippen LogP contribution in [0.5, 0.6) is 0 Å². The molecule has 1 aromatic carbocycles. The van der Waals surface area contributed by atoms with Crippen molar-refractivity contribution in [3.63, 3.8) is 0 Å². The van der Waals surface area contributed by atoms with Crippen molar-refractivity contribution in [1.82, 2.24) is 4.90 Å². The van der Waals surface area contributed by atoms with Gasteiger partial charge < -0.3 is 20.1 Å². The summed E-state index contributed by atoms with van der Waals surface area (Å²) in [6.07, 6.45) is 0. The first-order chi connectivity index (χ1) is 10.9. The number of esters is 1. The lowest BCUT2D eigenvalue weighted by atomic mass is 10.1. The molecule has 0 atom stereocenters. The molecule has 23 heavy (non-hydrogen) atoms. The van der Waals surface area contributed by atoms with Crippen molar-refractivity contribution in [2.75, 3.05) is 32.1 Å². The van der Waals surface area contributed by atoms with E-state index in [-0.39, 0.29) is 36.9 Å². The number of amides is 1.